The molecule has 1 fully saturated rings. The quantitative estimate of drug-likeness (QED) is 0.465. The Bertz CT molecular complexity index is 446. The van der Waals surface area contributed by atoms with E-state index in [-0.39, 0.29) is 29.8 Å². The van der Waals surface area contributed by atoms with Gasteiger partial charge in [0.25, 0.3) is 0 Å². The molecule has 5 heteroatoms. The maximum atomic E-state index is 11.7. The molecule has 19 heavy (non-hydrogen) atoms. The molecule has 0 unspecified atom stereocenters. The fraction of sp³-hybridized carbons (Fsp3) is 0.500. The summed E-state index contributed by atoms with van der Waals surface area (Å²) in [6.07, 6.45) is 2.29. The number of esters is 1. The van der Waals surface area contributed by atoms with E-state index >= 15 is 0 Å². The first-order valence-corrected chi connectivity index (χ1v) is 6.50. The third kappa shape index (κ3) is 3.77. The van der Waals surface area contributed by atoms with Crippen molar-refractivity contribution in [3.05, 3.63) is 46.0 Å². The number of rotatable bonds is 5. The topological polar surface area (TPSA) is 69.4 Å². The van der Waals surface area contributed by atoms with Crippen molar-refractivity contribution < 1.29 is 14.5 Å². The lowest BCUT2D eigenvalue weighted by Gasteiger charge is -2.12. The predicted octanol–water partition coefficient (Wildman–Crippen LogP) is 2.57. The molecule has 0 N–H and O–H groups in total. The second-order valence-electron chi connectivity index (χ2n) is 4.89. The van der Waals surface area contributed by atoms with Gasteiger partial charge in [-0.25, -0.2) is 0 Å². The number of hydrogen-bond acceptors (Lipinski definition) is 4. The molecule has 0 heterocycles. The molecular weight excluding hydrogens is 246 g/mol. The normalized spacial score (nSPS) is 22.1. The molecule has 0 bridgehead atoms. The molecule has 0 saturated heterocycles. The van der Waals surface area contributed by atoms with Gasteiger partial charge in [0.2, 0.25) is 6.04 Å². The maximum absolute atomic E-state index is 11.7. The Hall–Kier alpha value is -1.91. The number of nitrogens with zero attached hydrogens (tertiary/aromatic N) is 1. The largest absolute Gasteiger partial charge is 0.461 e. The van der Waals surface area contributed by atoms with Gasteiger partial charge >= 0.3 is 5.97 Å². The van der Waals surface area contributed by atoms with Gasteiger partial charge in [0.15, 0.2) is 0 Å². The summed E-state index contributed by atoms with van der Waals surface area (Å²) in [7, 11) is 0. The van der Waals surface area contributed by atoms with Gasteiger partial charge in [-0.3, -0.25) is 14.9 Å². The van der Waals surface area contributed by atoms with E-state index in [4.69, 9.17) is 4.74 Å². The summed E-state index contributed by atoms with van der Waals surface area (Å²) in [6, 6.07) is 8.83. The molecule has 1 saturated carbocycles. The standard InChI is InChI=1S/C14H17NO4/c16-14(19-10-11-5-2-1-3-6-11)9-12-7-4-8-13(12)15(17)18/h1-3,5-6,12-13H,4,7-10H2/t12-,13+/m0/s1. The van der Waals surface area contributed by atoms with E-state index in [1.54, 1.807) is 0 Å². The highest BCUT2D eigenvalue weighted by Crippen LogP contribution is 2.30. The fourth-order valence-corrected chi connectivity index (χ4v) is 2.54. The summed E-state index contributed by atoms with van der Waals surface area (Å²) < 4.78 is 5.16. The lowest BCUT2D eigenvalue weighted by atomic mass is 10.0. The van der Waals surface area contributed by atoms with Gasteiger partial charge in [0.1, 0.15) is 6.61 Å². The van der Waals surface area contributed by atoms with Crippen LogP contribution in [0.3, 0.4) is 0 Å². The van der Waals surface area contributed by atoms with Crippen LogP contribution < -0.4 is 0 Å². The van der Waals surface area contributed by atoms with Gasteiger partial charge in [0.05, 0.1) is 6.42 Å². The Balaban J connectivity index is 1.80. The highest BCUT2D eigenvalue weighted by Gasteiger charge is 2.37. The monoisotopic (exact) mass is 263 g/mol. The summed E-state index contributed by atoms with van der Waals surface area (Å²) in [4.78, 5) is 22.3. The lowest BCUT2D eigenvalue weighted by Crippen LogP contribution is -2.26. The molecule has 1 aromatic carbocycles. The van der Waals surface area contributed by atoms with Crippen molar-refractivity contribution in [1.82, 2.24) is 0 Å². The molecular formula is C14H17NO4. The minimum Gasteiger partial charge on any atom is -0.461 e. The maximum Gasteiger partial charge on any atom is 0.306 e. The highest BCUT2D eigenvalue weighted by molar-refractivity contribution is 5.69. The van der Waals surface area contributed by atoms with E-state index < -0.39 is 6.04 Å². The Labute approximate surface area is 111 Å². The van der Waals surface area contributed by atoms with Crippen molar-refractivity contribution in [2.45, 2.75) is 38.3 Å². The molecule has 102 valence electrons. The number of benzene rings is 1. The molecule has 1 aliphatic carbocycles. The molecule has 0 spiro atoms. The number of nitro groups is 1. The number of carbonyl (C=O) groups excluding carboxylic acids is 1. The fourth-order valence-electron chi connectivity index (χ4n) is 2.54. The summed E-state index contributed by atoms with van der Waals surface area (Å²) >= 11 is 0. The van der Waals surface area contributed by atoms with Gasteiger partial charge in [-0.15, -0.1) is 0 Å². The van der Waals surface area contributed by atoms with E-state index in [1.807, 2.05) is 30.3 Å². The smallest absolute Gasteiger partial charge is 0.306 e. The average molecular weight is 263 g/mol. The molecule has 2 atom stereocenters. The molecule has 5 nitrogen and oxygen atoms in total. The summed E-state index contributed by atoms with van der Waals surface area (Å²) in [5, 5.41) is 10.8. The number of carbonyl (C=O) groups is 1. The zero-order chi connectivity index (χ0) is 13.7. The van der Waals surface area contributed by atoms with Gasteiger partial charge in [-0.05, 0) is 18.4 Å². The molecule has 0 aliphatic heterocycles. The van der Waals surface area contributed by atoms with Gasteiger partial charge in [-0.1, -0.05) is 30.3 Å². The first-order valence-electron chi connectivity index (χ1n) is 6.50. The van der Waals surface area contributed by atoms with Crippen molar-refractivity contribution in [3.8, 4) is 0 Å². The van der Waals surface area contributed by atoms with Crippen LogP contribution in [-0.2, 0) is 16.1 Å². The van der Waals surface area contributed by atoms with Crippen LogP contribution in [-0.4, -0.2) is 16.9 Å². The summed E-state index contributed by atoms with van der Waals surface area (Å²) in [6.45, 7) is 0.232. The third-order valence-corrected chi connectivity index (χ3v) is 3.56. The van der Waals surface area contributed by atoms with Crippen LogP contribution in [0.5, 0.6) is 0 Å². The van der Waals surface area contributed by atoms with Crippen molar-refractivity contribution in [2.75, 3.05) is 0 Å². The predicted molar refractivity (Wildman–Crippen MR) is 69.0 cm³/mol. The Morgan fingerprint density at radius 2 is 2.05 bits per heavy atom. The van der Waals surface area contributed by atoms with Crippen molar-refractivity contribution in [2.24, 2.45) is 5.92 Å². The molecule has 0 amide bonds. The molecule has 1 aliphatic rings. The van der Waals surface area contributed by atoms with E-state index in [2.05, 4.69) is 0 Å². The van der Waals surface area contributed by atoms with E-state index in [0.717, 1.165) is 18.4 Å². The summed E-state index contributed by atoms with van der Waals surface area (Å²) in [5.41, 5.74) is 0.924. The van der Waals surface area contributed by atoms with Crippen LogP contribution in [0.25, 0.3) is 0 Å². The van der Waals surface area contributed by atoms with Crippen molar-refractivity contribution >= 4 is 5.97 Å². The van der Waals surface area contributed by atoms with Gasteiger partial charge < -0.3 is 4.74 Å². The van der Waals surface area contributed by atoms with Crippen LogP contribution >= 0.6 is 0 Å². The molecule has 0 aromatic heterocycles. The zero-order valence-electron chi connectivity index (χ0n) is 10.7. The highest BCUT2D eigenvalue weighted by atomic mass is 16.6. The molecule has 0 radical (unpaired) electrons. The molecule has 1 aromatic rings. The van der Waals surface area contributed by atoms with Crippen LogP contribution in [0, 0.1) is 16.0 Å². The summed E-state index contributed by atoms with van der Waals surface area (Å²) in [5.74, 6) is -0.513. The van der Waals surface area contributed by atoms with Crippen LogP contribution in [0.4, 0.5) is 0 Å². The average Bonchev–Trinajstić information content (AvgIpc) is 2.86. The first-order chi connectivity index (χ1) is 9.16. The van der Waals surface area contributed by atoms with Crippen molar-refractivity contribution in [3.63, 3.8) is 0 Å². The number of hydrogen-bond donors (Lipinski definition) is 0. The Kier molecular flexibility index (Phi) is 4.49. The second kappa shape index (κ2) is 6.31. The van der Waals surface area contributed by atoms with Crippen LogP contribution in [0.15, 0.2) is 30.3 Å². The van der Waals surface area contributed by atoms with Crippen LogP contribution in [0.2, 0.25) is 0 Å². The van der Waals surface area contributed by atoms with Gasteiger partial charge in [0, 0.05) is 17.3 Å². The lowest BCUT2D eigenvalue weighted by molar-refractivity contribution is -0.528. The number of ether oxygens (including phenoxy) is 1. The third-order valence-electron chi connectivity index (χ3n) is 3.56. The van der Waals surface area contributed by atoms with Crippen molar-refractivity contribution in [1.29, 1.82) is 0 Å². The minimum absolute atomic E-state index is 0.151. The van der Waals surface area contributed by atoms with E-state index in [1.165, 1.54) is 0 Å². The zero-order valence-corrected chi connectivity index (χ0v) is 10.7. The second-order valence-corrected chi connectivity index (χ2v) is 4.89. The van der Waals surface area contributed by atoms with Gasteiger partial charge in [-0.2, -0.15) is 0 Å². The van der Waals surface area contributed by atoms with Crippen LogP contribution in [0.1, 0.15) is 31.2 Å². The Morgan fingerprint density at radius 1 is 1.32 bits per heavy atom. The minimum atomic E-state index is -0.579. The first kappa shape index (κ1) is 13.5. The Morgan fingerprint density at radius 3 is 2.74 bits per heavy atom. The van der Waals surface area contributed by atoms with E-state index in [0.29, 0.717) is 6.42 Å². The van der Waals surface area contributed by atoms with E-state index in [9.17, 15) is 14.9 Å². The molecule has 2 rings (SSSR count). The SMILES string of the molecule is O=C(C[C@@H]1CCC[C@H]1[N+](=O)[O-])OCc1ccccc1.